The first-order valence-electron chi connectivity index (χ1n) is 7.09. The Hall–Kier alpha value is -0.640. The first-order chi connectivity index (χ1) is 9.52. The maximum absolute atomic E-state index is 3.72. The molecular formula is C17H22BrNS. The highest BCUT2D eigenvalue weighted by atomic mass is 79.9. The van der Waals surface area contributed by atoms with Crippen LogP contribution < -0.4 is 5.32 Å². The van der Waals surface area contributed by atoms with Crippen LogP contribution >= 0.6 is 27.3 Å². The summed E-state index contributed by atoms with van der Waals surface area (Å²) in [6.45, 7) is 9.76. The maximum Gasteiger partial charge on any atom is 0.0685 e. The van der Waals surface area contributed by atoms with Crippen LogP contribution in [0.1, 0.15) is 45.8 Å². The Morgan fingerprint density at radius 1 is 1.20 bits per heavy atom. The van der Waals surface area contributed by atoms with Crippen molar-refractivity contribution in [2.45, 2.75) is 40.2 Å². The minimum atomic E-state index is 0.281. The Bertz CT molecular complexity index is 589. The van der Waals surface area contributed by atoms with E-state index >= 15 is 0 Å². The SMILES string of the molecule is CCCNC(c1ccc(C)cc1C)c1sc(C)cc1Br. The van der Waals surface area contributed by atoms with Gasteiger partial charge in [0.25, 0.3) is 0 Å². The minimum Gasteiger partial charge on any atom is -0.306 e. The molecule has 1 aromatic heterocycles. The molecule has 0 bridgehead atoms. The number of hydrogen-bond acceptors (Lipinski definition) is 2. The van der Waals surface area contributed by atoms with Crippen LogP contribution in [-0.2, 0) is 0 Å². The van der Waals surface area contributed by atoms with E-state index in [1.807, 2.05) is 11.3 Å². The molecule has 1 unspecified atom stereocenters. The summed E-state index contributed by atoms with van der Waals surface area (Å²) in [7, 11) is 0. The van der Waals surface area contributed by atoms with E-state index in [1.54, 1.807) is 0 Å². The van der Waals surface area contributed by atoms with Crippen molar-refractivity contribution in [3.05, 3.63) is 55.2 Å². The van der Waals surface area contributed by atoms with Gasteiger partial charge in [0, 0.05) is 14.2 Å². The number of halogens is 1. The second-order valence-electron chi connectivity index (χ2n) is 5.32. The second-order valence-corrected chi connectivity index (χ2v) is 7.46. The van der Waals surface area contributed by atoms with Crippen LogP contribution in [-0.4, -0.2) is 6.54 Å². The van der Waals surface area contributed by atoms with Gasteiger partial charge in [-0.2, -0.15) is 0 Å². The first-order valence-corrected chi connectivity index (χ1v) is 8.70. The van der Waals surface area contributed by atoms with E-state index < -0.39 is 0 Å². The van der Waals surface area contributed by atoms with Crippen molar-refractivity contribution in [2.75, 3.05) is 6.54 Å². The molecule has 0 saturated heterocycles. The fourth-order valence-corrected chi connectivity index (χ4v) is 4.46. The molecule has 1 atom stereocenters. The molecule has 0 aliphatic rings. The Morgan fingerprint density at radius 3 is 2.50 bits per heavy atom. The average molecular weight is 352 g/mol. The summed E-state index contributed by atoms with van der Waals surface area (Å²) in [5.41, 5.74) is 4.06. The van der Waals surface area contributed by atoms with Gasteiger partial charge in [0.05, 0.1) is 6.04 Å². The molecular weight excluding hydrogens is 330 g/mol. The summed E-state index contributed by atoms with van der Waals surface area (Å²) in [6, 6.07) is 9.23. The summed E-state index contributed by atoms with van der Waals surface area (Å²) in [6.07, 6.45) is 1.14. The summed E-state index contributed by atoms with van der Waals surface area (Å²) in [5.74, 6) is 0. The van der Waals surface area contributed by atoms with Gasteiger partial charge in [-0.1, -0.05) is 30.7 Å². The summed E-state index contributed by atoms with van der Waals surface area (Å²) in [5, 5.41) is 3.70. The first kappa shape index (κ1) is 15.7. The monoisotopic (exact) mass is 351 g/mol. The molecule has 1 nitrogen and oxygen atoms in total. The van der Waals surface area contributed by atoms with Crippen LogP contribution in [0.2, 0.25) is 0 Å². The van der Waals surface area contributed by atoms with E-state index in [2.05, 4.69) is 73.2 Å². The van der Waals surface area contributed by atoms with Gasteiger partial charge in [0.15, 0.2) is 0 Å². The van der Waals surface area contributed by atoms with Gasteiger partial charge in [0.2, 0.25) is 0 Å². The topological polar surface area (TPSA) is 12.0 Å². The van der Waals surface area contributed by atoms with E-state index in [0.717, 1.165) is 13.0 Å². The third-order valence-corrected chi connectivity index (χ3v) is 5.47. The van der Waals surface area contributed by atoms with E-state index in [1.165, 1.54) is 30.9 Å². The van der Waals surface area contributed by atoms with Gasteiger partial charge in [-0.05, 0) is 66.9 Å². The van der Waals surface area contributed by atoms with Crippen molar-refractivity contribution in [3.8, 4) is 0 Å². The highest BCUT2D eigenvalue weighted by molar-refractivity contribution is 9.10. The van der Waals surface area contributed by atoms with E-state index in [9.17, 15) is 0 Å². The lowest BCUT2D eigenvalue weighted by atomic mass is 9.98. The maximum atomic E-state index is 3.72. The van der Waals surface area contributed by atoms with Gasteiger partial charge >= 0.3 is 0 Å². The third kappa shape index (κ3) is 3.51. The molecule has 0 aliphatic carbocycles. The fourth-order valence-electron chi connectivity index (χ4n) is 2.48. The third-order valence-electron chi connectivity index (χ3n) is 3.43. The number of hydrogen-bond donors (Lipinski definition) is 1. The fraction of sp³-hybridized carbons (Fsp3) is 0.412. The second kappa shape index (κ2) is 6.88. The highest BCUT2D eigenvalue weighted by Gasteiger charge is 2.20. The van der Waals surface area contributed by atoms with Crippen LogP contribution in [0.15, 0.2) is 28.7 Å². The van der Waals surface area contributed by atoms with Crippen molar-refractivity contribution < 1.29 is 0 Å². The molecule has 108 valence electrons. The summed E-state index contributed by atoms with van der Waals surface area (Å²) < 4.78 is 1.22. The Labute approximate surface area is 134 Å². The van der Waals surface area contributed by atoms with Gasteiger partial charge in [-0.3, -0.25) is 0 Å². The molecule has 0 aliphatic heterocycles. The normalized spacial score (nSPS) is 12.7. The van der Waals surface area contributed by atoms with Crippen LogP contribution in [0.5, 0.6) is 0 Å². The standard InChI is InChI=1S/C17H22BrNS/c1-5-8-19-16(17-15(18)10-13(4)20-17)14-7-6-11(2)9-12(14)3/h6-7,9-10,16,19H,5,8H2,1-4H3. The lowest BCUT2D eigenvalue weighted by molar-refractivity contribution is 0.602. The molecule has 2 rings (SSSR count). The van der Waals surface area contributed by atoms with E-state index in [0.29, 0.717) is 0 Å². The zero-order chi connectivity index (χ0) is 14.7. The average Bonchev–Trinajstić information content (AvgIpc) is 2.71. The molecule has 3 heteroatoms. The smallest absolute Gasteiger partial charge is 0.0685 e. The zero-order valence-corrected chi connectivity index (χ0v) is 15.0. The predicted octanol–water partition coefficient (Wildman–Crippen LogP) is 5.52. The van der Waals surface area contributed by atoms with Crippen LogP contribution in [0, 0.1) is 20.8 Å². The lowest BCUT2D eigenvalue weighted by Gasteiger charge is -2.21. The Balaban J connectivity index is 2.44. The van der Waals surface area contributed by atoms with Crippen molar-refractivity contribution >= 4 is 27.3 Å². The molecule has 0 fully saturated rings. The van der Waals surface area contributed by atoms with E-state index in [-0.39, 0.29) is 6.04 Å². The highest BCUT2D eigenvalue weighted by Crippen LogP contribution is 2.36. The van der Waals surface area contributed by atoms with Crippen LogP contribution in [0.4, 0.5) is 0 Å². The van der Waals surface area contributed by atoms with Gasteiger partial charge in [0.1, 0.15) is 0 Å². The van der Waals surface area contributed by atoms with Crippen LogP contribution in [0.3, 0.4) is 0 Å². The predicted molar refractivity (Wildman–Crippen MR) is 92.8 cm³/mol. The molecule has 1 N–H and O–H groups in total. The Kier molecular flexibility index (Phi) is 5.42. The number of benzene rings is 1. The molecule has 0 spiro atoms. The molecule has 1 aromatic carbocycles. The lowest BCUT2D eigenvalue weighted by Crippen LogP contribution is -2.23. The van der Waals surface area contributed by atoms with Gasteiger partial charge in [-0.15, -0.1) is 11.3 Å². The van der Waals surface area contributed by atoms with Crippen molar-refractivity contribution in [1.82, 2.24) is 5.32 Å². The van der Waals surface area contributed by atoms with Gasteiger partial charge in [-0.25, -0.2) is 0 Å². The van der Waals surface area contributed by atoms with Crippen LogP contribution in [0.25, 0.3) is 0 Å². The Morgan fingerprint density at radius 2 is 1.95 bits per heavy atom. The minimum absolute atomic E-state index is 0.281. The molecule has 2 aromatic rings. The number of aryl methyl sites for hydroxylation is 3. The van der Waals surface area contributed by atoms with Gasteiger partial charge < -0.3 is 5.32 Å². The summed E-state index contributed by atoms with van der Waals surface area (Å²) >= 11 is 5.59. The summed E-state index contributed by atoms with van der Waals surface area (Å²) in [4.78, 5) is 2.72. The number of rotatable bonds is 5. The largest absolute Gasteiger partial charge is 0.306 e. The number of thiophene rings is 1. The molecule has 20 heavy (non-hydrogen) atoms. The van der Waals surface area contributed by atoms with Crippen molar-refractivity contribution in [3.63, 3.8) is 0 Å². The molecule has 1 heterocycles. The van der Waals surface area contributed by atoms with Crippen molar-refractivity contribution in [2.24, 2.45) is 0 Å². The molecule has 0 amide bonds. The number of nitrogens with one attached hydrogen (secondary N) is 1. The zero-order valence-electron chi connectivity index (χ0n) is 12.6. The quantitative estimate of drug-likeness (QED) is 0.747. The van der Waals surface area contributed by atoms with E-state index in [4.69, 9.17) is 0 Å². The van der Waals surface area contributed by atoms with Crippen molar-refractivity contribution in [1.29, 1.82) is 0 Å². The molecule has 0 saturated carbocycles. The molecule has 0 radical (unpaired) electrons.